The summed E-state index contributed by atoms with van der Waals surface area (Å²) in [7, 11) is 0. The Labute approximate surface area is 86.5 Å². The second-order valence-electron chi connectivity index (χ2n) is 4.63. The molecule has 0 aromatic heterocycles. The predicted octanol–water partition coefficient (Wildman–Crippen LogP) is 3.60. The molecule has 76 valence electrons. The molecule has 0 saturated heterocycles. The summed E-state index contributed by atoms with van der Waals surface area (Å²) in [6.45, 7) is 4.49. The standard InChI is InChI=1S/C13H19N/c1-10-4-3-5-12(8-10)14-13-7-6-11(2)9-13/h3-5,8,11,13-14H,6-7,9H2,1-2H3. The van der Waals surface area contributed by atoms with Gasteiger partial charge in [0, 0.05) is 11.7 Å². The largest absolute Gasteiger partial charge is 0.382 e. The molecule has 1 aliphatic rings. The van der Waals surface area contributed by atoms with Gasteiger partial charge in [0.1, 0.15) is 0 Å². The van der Waals surface area contributed by atoms with Gasteiger partial charge in [-0.05, 0) is 49.8 Å². The number of hydrogen-bond acceptors (Lipinski definition) is 1. The van der Waals surface area contributed by atoms with Crippen LogP contribution in [0.15, 0.2) is 24.3 Å². The van der Waals surface area contributed by atoms with E-state index in [9.17, 15) is 0 Å². The van der Waals surface area contributed by atoms with E-state index >= 15 is 0 Å². The molecule has 1 aromatic carbocycles. The molecule has 0 spiro atoms. The molecule has 14 heavy (non-hydrogen) atoms. The third kappa shape index (κ3) is 2.28. The van der Waals surface area contributed by atoms with Gasteiger partial charge in [-0.3, -0.25) is 0 Å². The van der Waals surface area contributed by atoms with Crippen LogP contribution in [0.2, 0.25) is 0 Å². The zero-order chi connectivity index (χ0) is 9.97. The van der Waals surface area contributed by atoms with Crippen LogP contribution in [0.1, 0.15) is 31.7 Å². The summed E-state index contributed by atoms with van der Waals surface area (Å²) < 4.78 is 0. The minimum atomic E-state index is 0.701. The van der Waals surface area contributed by atoms with Crippen LogP contribution in [0, 0.1) is 12.8 Å². The maximum absolute atomic E-state index is 3.61. The van der Waals surface area contributed by atoms with E-state index in [2.05, 4.69) is 43.4 Å². The molecule has 1 aromatic rings. The zero-order valence-electron chi connectivity index (χ0n) is 9.09. The number of anilines is 1. The van der Waals surface area contributed by atoms with Crippen molar-refractivity contribution in [1.82, 2.24) is 0 Å². The molecular formula is C13H19N. The van der Waals surface area contributed by atoms with Crippen LogP contribution in [0.4, 0.5) is 5.69 Å². The Hall–Kier alpha value is -0.980. The van der Waals surface area contributed by atoms with Gasteiger partial charge in [0.05, 0.1) is 0 Å². The van der Waals surface area contributed by atoms with Crippen molar-refractivity contribution in [2.45, 2.75) is 39.2 Å². The van der Waals surface area contributed by atoms with Crippen molar-refractivity contribution >= 4 is 5.69 Å². The van der Waals surface area contributed by atoms with E-state index in [1.54, 1.807) is 0 Å². The van der Waals surface area contributed by atoms with Gasteiger partial charge >= 0.3 is 0 Å². The Balaban J connectivity index is 1.97. The summed E-state index contributed by atoms with van der Waals surface area (Å²) in [6.07, 6.45) is 4.03. The van der Waals surface area contributed by atoms with Gasteiger partial charge in [0.15, 0.2) is 0 Å². The molecule has 0 heterocycles. The fourth-order valence-corrected chi connectivity index (χ4v) is 2.31. The fourth-order valence-electron chi connectivity index (χ4n) is 2.31. The quantitative estimate of drug-likeness (QED) is 0.749. The Morgan fingerprint density at radius 1 is 1.29 bits per heavy atom. The lowest BCUT2D eigenvalue weighted by Crippen LogP contribution is -2.15. The van der Waals surface area contributed by atoms with Gasteiger partial charge in [-0.1, -0.05) is 19.1 Å². The zero-order valence-corrected chi connectivity index (χ0v) is 9.09. The molecule has 1 aliphatic carbocycles. The third-order valence-electron chi connectivity index (χ3n) is 3.08. The highest BCUT2D eigenvalue weighted by molar-refractivity contribution is 5.46. The first kappa shape index (κ1) is 9.57. The highest BCUT2D eigenvalue weighted by Gasteiger charge is 2.20. The van der Waals surface area contributed by atoms with Crippen LogP contribution in [-0.4, -0.2) is 6.04 Å². The van der Waals surface area contributed by atoms with E-state index in [1.165, 1.54) is 30.5 Å². The molecule has 1 saturated carbocycles. The van der Waals surface area contributed by atoms with Crippen molar-refractivity contribution in [3.05, 3.63) is 29.8 Å². The average molecular weight is 189 g/mol. The van der Waals surface area contributed by atoms with Crippen molar-refractivity contribution in [2.75, 3.05) is 5.32 Å². The van der Waals surface area contributed by atoms with E-state index in [0.717, 1.165) is 5.92 Å². The normalized spacial score (nSPS) is 26.4. The summed E-state index contributed by atoms with van der Waals surface area (Å²) in [4.78, 5) is 0. The molecule has 1 heteroatoms. The van der Waals surface area contributed by atoms with Crippen LogP contribution >= 0.6 is 0 Å². The first-order chi connectivity index (χ1) is 6.74. The van der Waals surface area contributed by atoms with Crippen molar-refractivity contribution in [2.24, 2.45) is 5.92 Å². The van der Waals surface area contributed by atoms with E-state index in [1.807, 2.05) is 0 Å². The minimum Gasteiger partial charge on any atom is -0.382 e. The molecule has 0 radical (unpaired) electrons. The van der Waals surface area contributed by atoms with Crippen molar-refractivity contribution < 1.29 is 0 Å². The van der Waals surface area contributed by atoms with E-state index in [-0.39, 0.29) is 0 Å². The molecular weight excluding hydrogens is 170 g/mol. The molecule has 1 N–H and O–H groups in total. The lowest BCUT2D eigenvalue weighted by atomic mass is 10.1. The number of hydrogen-bond donors (Lipinski definition) is 1. The third-order valence-corrected chi connectivity index (χ3v) is 3.08. The molecule has 2 rings (SSSR count). The molecule has 2 atom stereocenters. The highest BCUT2D eigenvalue weighted by atomic mass is 14.9. The molecule has 2 unspecified atom stereocenters. The second kappa shape index (κ2) is 4.04. The summed E-state index contributed by atoms with van der Waals surface area (Å²) in [6, 6.07) is 9.35. The van der Waals surface area contributed by atoms with Crippen molar-refractivity contribution in [3.8, 4) is 0 Å². The van der Waals surface area contributed by atoms with Gasteiger partial charge in [0.2, 0.25) is 0 Å². The van der Waals surface area contributed by atoms with Crippen LogP contribution in [-0.2, 0) is 0 Å². The first-order valence-electron chi connectivity index (χ1n) is 5.57. The Morgan fingerprint density at radius 2 is 2.14 bits per heavy atom. The maximum atomic E-state index is 3.61. The number of nitrogens with one attached hydrogen (secondary N) is 1. The maximum Gasteiger partial charge on any atom is 0.0344 e. The van der Waals surface area contributed by atoms with Crippen molar-refractivity contribution in [1.29, 1.82) is 0 Å². The van der Waals surface area contributed by atoms with Gasteiger partial charge < -0.3 is 5.32 Å². The fraction of sp³-hybridized carbons (Fsp3) is 0.538. The van der Waals surface area contributed by atoms with Gasteiger partial charge in [-0.15, -0.1) is 0 Å². The minimum absolute atomic E-state index is 0.701. The van der Waals surface area contributed by atoms with Gasteiger partial charge in [0.25, 0.3) is 0 Å². The smallest absolute Gasteiger partial charge is 0.0344 e. The molecule has 1 fully saturated rings. The van der Waals surface area contributed by atoms with E-state index in [0.29, 0.717) is 6.04 Å². The summed E-state index contributed by atoms with van der Waals surface area (Å²) in [5.74, 6) is 0.900. The van der Waals surface area contributed by atoms with E-state index in [4.69, 9.17) is 0 Å². The average Bonchev–Trinajstić information content (AvgIpc) is 2.51. The summed E-state index contributed by atoms with van der Waals surface area (Å²) in [5, 5.41) is 3.61. The lowest BCUT2D eigenvalue weighted by Gasteiger charge is -2.14. The summed E-state index contributed by atoms with van der Waals surface area (Å²) in [5.41, 5.74) is 2.62. The summed E-state index contributed by atoms with van der Waals surface area (Å²) >= 11 is 0. The molecule has 0 amide bonds. The van der Waals surface area contributed by atoms with Crippen molar-refractivity contribution in [3.63, 3.8) is 0 Å². The second-order valence-corrected chi connectivity index (χ2v) is 4.63. The Kier molecular flexibility index (Phi) is 2.76. The van der Waals surface area contributed by atoms with Gasteiger partial charge in [-0.25, -0.2) is 0 Å². The topological polar surface area (TPSA) is 12.0 Å². The van der Waals surface area contributed by atoms with E-state index < -0.39 is 0 Å². The number of aryl methyl sites for hydroxylation is 1. The highest BCUT2D eigenvalue weighted by Crippen LogP contribution is 2.27. The predicted molar refractivity (Wildman–Crippen MR) is 61.6 cm³/mol. The van der Waals surface area contributed by atoms with Crippen LogP contribution in [0.3, 0.4) is 0 Å². The van der Waals surface area contributed by atoms with Crippen LogP contribution in [0.25, 0.3) is 0 Å². The van der Waals surface area contributed by atoms with Crippen LogP contribution in [0.5, 0.6) is 0 Å². The SMILES string of the molecule is Cc1cccc(NC2CCC(C)C2)c1. The number of benzene rings is 1. The molecule has 0 aliphatic heterocycles. The Bertz CT molecular complexity index is 306. The van der Waals surface area contributed by atoms with Gasteiger partial charge in [-0.2, -0.15) is 0 Å². The monoisotopic (exact) mass is 189 g/mol. The molecule has 1 nitrogen and oxygen atoms in total. The van der Waals surface area contributed by atoms with Crippen LogP contribution < -0.4 is 5.32 Å². The first-order valence-corrected chi connectivity index (χ1v) is 5.57. The number of rotatable bonds is 2. The Morgan fingerprint density at radius 3 is 2.79 bits per heavy atom. The lowest BCUT2D eigenvalue weighted by molar-refractivity contribution is 0.602. The molecule has 0 bridgehead atoms.